The molecule has 0 aliphatic carbocycles. The summed E-state index contributed by atoms with van der Waals surface area (Å²) in [5, 5.41) is 0.262. The van der Waals surface area contributed by atoms with Gasteiger partial charge in [-0.3, -0.25) is 9.36 Å². The van der Waals surface area contributed by atoms with Crippen LogP contribution in [-0.4, -0.2) is 36.5 Å². The van der Waals surface area contributed by atoms with E-state index in [4.69, 9.17) is 30.5 Å². The molecular weight excluding hydrogens is 644 g/mol. The first kappa shape index (κ1) is 31.3. The number of thiazole rings is 1. The summed E-state index contributed by atoms with van der Waals surface area (Å²) in [6.45, 7) is 1.92. The largest absolute Gasteiger partial charge is 0.465 e. The molecule has 5 aromatic rings. The highest BCUT2D eigenvalue weighted by molar-refractivity contribution is 7.98. The molecule has 3 heterocycles. The van der Waals surface area contributed by atoms with E-state index in [-0.39, 0.29) is 28.3 Å². The van der Waals surface area contributed by atoms with Crippen LogP contribution < -0.4 is 14.9 Å². The lowest BCUT2D eigenvalue weighted by Crippen LogP contribution is -2.40. The third kappa shape index (κ3) is 5.99. The number of carbonyl (C=O) groups is 2. The Labute approximate surface area is 277 Å². The van der Waals surface area contributed by atoms with E-state index in [0.29, 0.717) is 32.1 Å². The average Bonchev–Trinajstić information content (AvgIpc) is 3.68. The van der Waals surface area contributed by atoms with Crippen LogP contribution in [0, 0.1) is 0 Å². The van der Waals surface area contributed by atoms with Crippen LogP contribution in [0.25, 0.3) is 23.1 Å². The van der Waals surface area contributed by atoms with Crippen molar-refractivity contribution in [3.8, 4) is 11.3 Å². The van der Waals surface area contributed by atoms with Crippen LogP contribution in [0.15, 0.2) is 110 Å². The molecule has 0 amide bonds. The monoisotopic (exact) mass is 670 g/mol. The van der Waals surface area contributed by atoms with Crippen molar-refractivity contribution in [3.63, 3.8) is 0 Å². The molecule has 2 aromatic heterocycles. The van der Waals surface area contributed by atoms with Gasteiger partial charge in [-0.1, -0.05) is 65.4 Å². The van der Waals surface area contributed by atoms with Gasteiger partial charge >= 0.3 is 11.9 Å². The van der Waals surface area contributed by atoms with Crippen LogP contribution >= 0.6 is 34.7 Å². The van der Waals surface area contributed by atoms with Gasteiger partial charge in [-0.05, 0) is 61.2 Å². The van der Waals surface area contributed by atoms with E-state index in [1.807, 2.05) is 60.9 Å². The van der Waals surface area contributed by atoms with Gasteiger partial charge in [-0.15, -0.1) is 11.8 Å². The summed E-state index contributed by atoms with van der Waals surface area (Å²) >= 11 is 8.99. The van der Waals surface area contributed by atoms with Crippen LogP contribution in [0.2, 0.25) is 5.02 Å². The minimum absolute atomic E-state index is 0.169. The molecule has 0 saturated carbocycles. The van der Waals surface area contributed by atoms with Crippen molar-refractivity contribution in [3.05, 3.63) is 138 Å². The van der Waals surface area contributed by atoms with Crippen molar-refractivity contribution >= 4 is 58.4 Å². The molecule has 1 atom stereocenters. The lowest BCUT2D eigenvalue weighted by Gasteiger charge is -2.26. The molecule has 0 unspecified atom stereocenters. The Morgan fingerprint density at radius 3 is 2.48 bits per heavy atom. The molecule has 0 N–H and O–H groups in total. The van der Waals surface area contributed by atoms with Gasteiger partial charge in [-0.25, -0.2) is 14.6 Å². The number of rotatable bonds is 8. The number of hydrogen-bond acceptors (Lipinski definition) is 9. The highest BCUT2D eigenvalue weighted by atomic mass is 35.5. The lowest BCUT2D eigenvalue weighted by molar-refractivity contribution is -0.138. The third-order valence-corrected chi connectivity index (χ3v) is 9.42. The van der Waals surface area contributed by atoms with Crippen molar-refractivity contribution in [2.24, 2.45) is 4.99 Å². The number of ether oxygens (including phenoxy) is 2. The number of hydrogen-bond donors (Lipinski definition) is 0. The van der Waals surface area contributed by atoms with Crippen molar-refractivity contribution in [2.45, 2.75) is 17.9 Å². The normalized spacial score (nSPS) is 14.5. The van der Waals surface area contributed by atoms with Gasteiger partial charge in [0.25, 0.3) is 5.56 Å². The number of halogens is 1. The van der Waals surface area contributed by atoms with Gasteiger partial charge in [0, 0.05) is 22.1 Å². The minimum Gasteiger partial charge on any atom is -0.465 e. The topological polar surface area (TPSA) is 100 Å². The minimum atomic E-state index is -0.776. The first-order valence-corrected chi connectivity index (χ1v) is 16.6. The SMILES string of the molecule is CCOC(=O)C1=C(c2ccccc2)N=c2s/c(=C\c3ccc(-c4ccc(Cl)c(C(=O)OC)c4)o3)c(=O)n2[C@H]1c1ccc(SC)cc1. The molecule has 0 saturated heterocycles. The van der Waals surface area contributed by atoms with Crippen molar-refractivity contribution in [1.82, 2.24) is 4.57 Å². The van der Waals surface area contributed by atoms with E-state index >= 15 is 0 Å². The van der Waals surface area contributed by atoms with Crippen LogP contribution in [0.3, 0.4) is 0 Å². The summed E-state index contributed by atoms with van der Waals surface area (Å²) in [4.78, 5) is 46.3. The molecule has 46 heavy (non-hydrogen) atoms. The van der Waals surface area contributed by atoms with Gasteiger partial charge in [0.1, 0.15) is 11.5 Å². The highest BCUT2D eigenvalue weighted by Gasteiger charge is 2.35. The summed E-state index contributed by atoms with van der Waals surface area (Å²) in [6.07, 6.45) is 3.63. The molecule has 0 fully saturated rings. The Balaban J connectivity index is 1.52. The van der Waals surface area contributed by atoms with E-state index in [1.165, 1.54) is 18.4 Å². The maximum atomic E-state index is 14.2. The first-order chi connectivity index (χ1) is 22.3. The van der Waals surface area contributed by atoms with Crippen LogP contribution in [0.1, 0.15) is 40.2 Å². The van der Waals surface area contributed by atoms with Crippen LogP contribution in [-0.2, 0) is 14.3 Å². The Kier molecular flexibility index (Phi) is 9.12. The first-order valence-electron chi connectivity index (χ1n) is 14.2. The van der Waals surface area contributed by atoms with Crippen molar-refractivity contribution in [1.29, 1.82) is 0 Å². The zero-order valence-electron chi connectivity index (χ0n) is 25.0. The summed E-state index contributed by atoms with van der Waals surface area (Å²) in [5.74, 6) is -0.204. The molecule has 0 bridgehead atoms. The maximum Gasteiger partial charge on any atom is 0.339 e. The Hall–Kier alpha value is -4.64. The maximum absolute atomic E-state index is 14.2. The van der Waals surface area contributed by atoms with Crippen LogP contribution in [0.5, 0.6) is 0 Å². The third-order valence-electron chi connectivity index (χ3n) is 7.36. The number of methoxy groups -OCH3 is 1. The second-order valence-electron chi connectivity index (χ2n) is 10.1. The van der Waals surface area contributed by atoms with Crippen molar-refractivity contribution in [2.75, 3.05) is 20.0 Å². The fraction of sp³-hybridized carbons (Fsp3) is 0.143. The van der Waals surface area contributed by atoms with E-state index in [0.717, 1.165) is 16.0 Å². The number of esters is 2. The molecule has 232 valence electrons. The molecule has 8 nitrogen and oxygen atoms in total. The Morgan fingerprint density at radius 2 is 1.78 bits per heavy atom. The predicted octanol–water partition coefficient (Wildman–Crippen LogP) is 6.36. The molecule has 11 heteroatoms. The van der Waals surface area contributed by atoms with Gasteiger partial charge in [-0.2, -0.15) is 0 Å². The standard InChI is InChI=1S/C35H27ClN2O6S2/c1-4-43-34(41)29-30(20-8-6-5-7-9-20)37-35-38(31(29)21-10-14-24(45-3)15-11-21)32(39)28(46-35)19-23-13-17-27(44-23)22-12-16-26(36)25(18-22)33(40)42-2/h5-19,31H,4H2,1-3H3/b28-19-/t31-/m0/s1. The van der Waals surface area contributed by atoms with Crippen molar-refractivity contribution < 1.29 is 23.5 Å². The zero-order chi connectivity index (χ0) is 32.4. The Bertz CT molecular complexity index is 2160. The molecule has 6 rings (SSSR count). The second-order valence-corrected chi connectivity index (χ2v) is 12.4. The fourth-order valence-electron chi connectivity index (χ4n) is 5.20. The predicted molar refractivity (Wildman–Crippen MR) is 180 cm³/mol. The fourth-order valence-corrected chi connectivity index (χ4v) is 6.79. The highest BCUT2D eigenvalue weighted by Crippen LogP contribution is 2.36. The quantitative estimate of drug-likeness (QED) is 0.140. The number of benzene rings is 3. The lowest BCUT2D eigenvalue weighted by atomic mass is 9.93. The smallest absolute Gasteiger partial charge is 0.339 e. The average molecular weight is 671 g/mol. The number of furan rings is 1. The van der Waals surface area contributed by atoms with E-state index in [1.54, 1.807) is 59.7 Å². The van der Waals surface area contributed by atoms with Gasteiger partial charge < -0.3 is 13.9 Å². The number of nitrogens with zero attached hydrogens (tertiary/aromatic N) is 2. The van der Waals surface area contributed by atoms with E-state index < -0.39 is 18.0 Å². The molecule has 0 spiro atoms. The van der Waals surface area contributed by atoms with Crippen LogP contribution in [0.4, 0.5) is 0 Å². The number of thioether (sulfide) groups is 1. The second kappa shape index (κ2) is 13.4. The molecule has 1 aliphatic heterocycles. The summed E-state index contributed by atoms with van der Waals surface area (Å²) < 4.78 is 18.4. The molecule has 0 radical (unpaired) electrons. The van der Waals surface area contributed by atoms with E-state index in [9.17, 15) is 14.4 Å². The summed E-state index contributed by atoms with van der Waals surface area (Å²) in [5.41, 5.74) is 2.73. The number of carbonyl (C=O) groups excluding carboxylic acids is 2. The number of fused-ring (bicyclic) bond motifs is 1. The Morgan fingerprint density at radius 1 is 1.02 bits per heavy atom. The molecule has 1 aliphatic rings. The van der Waals surface area contributed by atoms with Gasteiger partial charge in [0.2, 0.25) is 0 Å². The van der Waals surface area contributed by atoms with E-state index in [2.05, 4.69) is 0 Å². The van der Waals surface area contributed by atoms with Gasteiger partial charge in [0.15, 0.2) is 4.80 Å². The van der Waals surface area contributed by atoms with Gasteiger partial charge in [0.05, 0.1) is 46.1 Å². The molecular formula is C35H27ClN2O6S2. The molecule has 3 aromatic carbocycles. The number of aromatic nitrogens is 1. The summed E-state index contributed by atoms with van der Waals surface area (Å²) in [7, 11) is 1.29. The zero-order valence-corrected chi connectivity index (χ0v) is 27.4. The summed E-state index contributed by atoms with van der Waals surface area (Å²) in [6, 6.07) is 24.8.